The molecule has 0 spiro atoms. The fourth-order valence-corrected chi connectivity index (χ4v) is 1.86. The zero-order chi connectivity index (χ0) is 15.0. The summed E-state index contributed by atoms with van der Waals surface area (Å²) in [4.78, 5) is 11.6. The van der Waals surface area contributed by atoms with Crippen LogP contribution in [0.2, 0.25) is 0 Å². The minimum Gasteiger partial charge on any atom is -0.493 e. The molecule has 0 fully saturated rings. The first kappa shape index (κ1) is 16.3. The first-order valence-electron chi connectivity index (χ1n) is 6.81. The van der Waals surface area contributed by atoms with Gasteiger partial charge in [-0.05, 0) is 27.0 Å². The second-order valence-corrected chi connectivity index (χ2v) is 4.80. The number of ether oxygens (including phenoxy) is 2. The Morgan fingerprint density at radius 1 is 1.35 bits per heavy atom. The molecular weight excluding hydrogens is 256 g/mol. The highest BCUT2D eigenvalue weighted by Gasteiger charge is 2.11. The van der Waals surface area contributed by atoms with E-state index in [1.807, 2.05) is 39.1 Å². The van der Waals surface area contributed by atoms with Crippen molar-refractivity contribution in [2.75, 3.05) is 20.8 Å². The van der Waals surface area contributed by atoms with Crippen LogP contribution < -0.4 is 20.1 Å². The Bertz CT molecular complexity index is 433. The van der Waals surface area contributed by atoms with Crippen molar-refractivity contribution in [2.24, 2.45) is 0 Å². The molecule has 1 rings (SSSR count). The molecule has 0 saturated carbocycles. The topological polar surface area (TPSA) is 59.6 Å². The van der Waals surface area contributed by atoms with Gasteiger partial charge in [0, 0.05) is 18.2 Å². The van der Waals surface area contributed by atoms with Gasteiger partial charge < -0.3 is 20.1 Å². The fraction of sp³-hybridized carbons (Fsp3) is 0.533. The zero-order valence-electron chi connectivity index (χ0n) is 12.7. The Balaban J connectivity index is 2.63. The number of carbonyl (C=O) groups excluding carboxylic acids is 1. The first-order valence-corrected chi connectivity index (χ1v) is 6.81. The maximum Gasteiger partial charge on any atom is 0.223 e. The van der Waals surface area contributed by atoms with Crippen LogP contribution in [0.1, 0.15) is 25.8 Å². The van der Waals surface area contributed by atoms with Crippen LogP contribution in [0.15, 0.2) is 18.2 Å². The minimum atomic E-state index is -0.00920. The summed E-state index contributed by atoms with van der Waals surface area (Å²) in [5.74, 6) is 1.37. The van der Waals surface area contributed by atoms with Gasteiger partial charge in [-0.1, -0.05) is 12.1 Å². The average Bonchev–Trinajstić information content (AvgIpc) is 2.39. The van der Waals surface area contributed by atoms with Crippen LogP contribution in [0.3, 0.4) is 0 Å². The Hall–Kier alpha value is -1.75. The average molecular weight is 280 g/mol. The predicted molar refractivity (Wildman–Crippen MR) is 79.1 cm³/mol. The van der Waals surface area contributed by atoms with Crippen molar-refractivity contribution >= 4 is 5.91 Å². The summed E-state index contributed by atoms with van der Waals surface area (Å²) < 4.78 is 11.0. The van der Waals surface area contributed by atoms with E-state index >= 15 is 0 Å². The molecule has 0 aliphatic carbocycles. The van der Waals surface area contributed by atoms with Gasteiger partial charge in [0.25, 0.3) is 0 Å². The number of nitrogens with one attached hydrogen (secondary N) is 2. The molecule has 0 aromatic heterocycles. The molecule has 0 bridgehead atoms. The number of amides is 1. The molecule has 1 aromatic carbocycles. The Morgan fingerprint density at radius 2 is 2.10 bits per heavy atom. The molecule has 5 nitrogen and oxygen atoms in total. The second kappa shape index (κ2) is 8.43. The summed E-state index contributed by atoms with van der Waals surface area (Å²) in [5, 5.41) is 5.92. The van der Waals surface area contributed by atoms with Crippen molar-refractivity contribution in [3.8, 4) is 11.5 Å². The summed E-state index contributed by atoms with van der Waals surface area (Å²) in [6.45, 7) is 4.88. The van der Waals surface area contributed by atoms with E-state index in [2.05, 4.69) is 10.6 Å². The summed E-state index contributed by atoms with van der Waals surface area (Å²) in [7, 11) is 3.48. The largest absolute Gasteiger partial charge is 0.493 e. The number of hydrogen-bond acceptors (Lipinski definition) is 4. The van der Waals surface area contributed by atoms with Gasteiger partial charge in [0.2, 0.25) is 5.91 Å². The summed E-state index contributed by atoms with van der Waals surface area (Å²) in [5.41, 5.74) is 1.01. The highest BCUT2D eigenvalue weighted by atomic mass is 16.5. The van der Waals surface area contributed by atoms with Gasteiger partial charge in [0.05, 0.1) is 20.1 Å². The van der Waals surface area contributed by atoms with Gasteiger partial charge in [-0.2, -0.15) is 0 Å². The molecule has 0 aliphatic heterocycles. The van der Waals surface area contributed by atoms with Crippen LogP contribution in [0.4, 0.5) is 0 Å². The van der Waals surface area contributed by atoms with E-state index in [1.165, 1.54) is 0 Å². The van der Waals surface area contributed by atoms with Gasteiger partial charge in [0.1, 0.15) is 0 Å². The fourth-order valence-electron chi connectivity index (χ4n) is 1.86. The quantitative estimate of drug-likeness (QED) is 0.761. The predicted octanol–water partition coefficient (Wildman–Crippen LogP) is 1.71. The summed E-state index contributed by atoms with van der Waals surface area (Å²) >= 11 is 0. The molecule has 0 saturated heterocycles. The molecule has 0 unspecified atom stereocenters. The number of hydrogen-bond donors (Lipinski definition) is 2. The van der Waals surface area contributed by atoms with Gasteiger partial charge in [-0.3, -0.25) is 4.79 Å². The van der Waals surface area contributed by atoms with Gasteiger partial charge >= 0.3 is 0 Å². The molecule has 0 heterocycles. The lowest BCUT2D eigenvalue weighted by Gasteiger charge is -2.15. The van der Waals surface area contributed by atoms with E-state index in [9.17, 15) is 4.79 Å². The number of benzene rings is 1. The van der Waals surface area contributed by atoms with Crippen LogP contribution in [-0.2, 0) is 11.3 Å². The summed E-state index contributed by atoms with van der Waals surface area (Å²) in [6.07, 6.45) is 0.329. The van der Waals surface area contributed by atoms with Crippen molar-refractivity contribution < 1.29 is 14.3 Å². The molecule has 1 aromatic rings. The van der Waals surface area contributed by atoms with E-state index in [0.29, 0.717) is 31.1 Å². The molecular formula is C15H24N2O3. The molecule has 112 valence electrons. The van der Waals surface area contributed by atoms with E-state index in [4.69, 9.17) is 9.47 Å². The molecule has 1 amide bonds. The third-order valence-electron chi connectivity index (χ3n) is 2.67. The molecule has 20 heavy (non-hydrogen) atoms. The minimum absolute atomic E-state index is 0.00920. The van der Waals surface area contributed by atoms with E-state index in [0.717, 1.165) is 5.56 Å². The highest BCUT2D eigenvalue weighted by molar-refractivity contribution is 5.76. The monoisotopic (exact) mass is 280 g/mol. The van der Waals surface area contributed by atoms with Gasteiger partial charge in [0.15, 0.2) is 11.5 Å². The Morgan fingerprint density at radius 3 is 2.70 bits per heavy atom. The third-order valence-corrected chi connectivity index (χ3v) is 2.67. The molecule has 0 radical (unpaired) electrons. The van der Waals surface area contributed by atoms with E-state index in [-0.39, 0.29) is 11.9 Å². The van der Waals surface area contributed by atoms with Crippen molar-refractivity contribution in [1.29, 1.82) is 0 Å². The van der Waals surface area contributed by atoms with Crippen molar-refractivity contribution in [2.45, 2.75) is 32.9 Å². The number of para-hydroxylation sites is 1. The van der Waals surface area contributed by atoms with Crippen molar-refractivity contribution in [3.63, 3.8) is 0 Å². The highest BCUT2D eigenvalue weighted by Crippen LogP contribution is 2.31. The van der Waals surface area contributed by atoms with E-state index in [1.54, 1.807) is 7.11 Å². The van der Waals surface area contributed by atoms with Gasteiger partial charge in [-0.25, -0.2) is 0 Å². The lowest BCUT2D eigenvalue weighted by molar-refractivity contribution is -0.122. The molecule has 0 aliphatic rings. The first-order chi connectivity index (χ1) is 9.58. The Labute approximate surface area is 120 Å². The second-order valence-electron chi connectivity index (χ2n) is 4.80. The molecule has 0 atom stereocenters. The normalized spacial score (nSPS) is 10.4. The zero-order valence-corrected chi connectivity index (χ0v) is 12.7. The maximum atomic E-state index is 11.6. The van der Waals surface area contributed by atoms with Crippen molar-refractivity contribution in [3.05, 3.63) is 23.8 Å². The third kappa shape index (κ3) is 5.09. The van der Waals surface area contributed by atoms with Crippen LogP contribution in [-0.4, -0.2) is 32.7 Å². The van der Waals surface area contributed by atoms with Crippen LogP contribution >= 0.6 is 0 Å². The van der Waals surface area contributed by atoms with Crippen molar-refractivity contribution in [1.82, 2.24) is 10.6 Å². The standard InChI is InChI=1S/C15H24N2O3/c1-11(2)17-14(18)8-9-20-15-12(10-16-3)6-5-7-13(15)19-4/h5-7,11,16H,8-10H2,1-4H3,(H,17,18). The Kier molecular flexibility index (Phi) is 6.87. The van der Waals surface area contributed by atoms with Crippen LogP contribution in [0.25, 0.3) is 0 Å². The molecule has 2 N–H and O–H groups in total. The van der Waals surface area contributed by atoms with Crippen LogP contribution in [0, 0.1) is 0 Å². The van der Waals surface area contributed by atoms with E-state index < -0.39 is 0 Å². The molecule has 5 heteroatoms. The summed E-state index contributed by atoms with van der Waals surface area (Å²) in [6, 6.07) is 5.89. The smallest absolute Gasteiger partial charge is 0.223 e. The number of rotatable bonds is 8. The number of carbonyl (C=O) groups is 1. The number of methoxy groups -OCH3 is 1. The maximum absolute atomic E-state index is 11.6. The van der Waals surface area contributed by atoms with Gasteiger partial charge in [-0.15, -0.1) is 0 Å². The SMILES string of the molecule is CNCc1cccc(OC)c1OCCC(=O)NC(C)C. The van der Waals surface area contributed by atoms with Crippen LogP contribution in [0.5, 0.6) is 11.5 Å². The lowest BCUT2D eigenvalue weighted by Crippen LogP contribution is -2.31. The lowest BCUT2D eigenvalue weighted by atomic mass is 10.2.